The summed E-state index contributed by atoms with van der Waals surface area (Å²) in [5, 5.41) is 11.8. The third-order valence-corrected chi connectivity index (χ3v) is 7.68. The van der Waals surface area contributed by atoms with Crippen LogP contribution in [0.4, 0.5) is 5.69 Å². The van der Waals surface area contributed by atoms with E-state index in [1.54, 1.807) is 19.1 Å². The Labute approximate surface area is 186 Å². The van der Waals surface area contributed by atoms with Crippen LogP contribution < -0.4 is 5.32 Å². The summed E-state index contributed by atoms with van der Waals surface area (Å²) in [5.41, 5.74) is 3.15. The van der Waals surface area contributed by atoms with Gasteiger partial charge in [0.25, 0.3) is 0 Å². The molecule has 0 bridgehead atoms. The fourth-order valence-corrected chi connectivity index (χ4v) is 4.73. The second kappa shape index (κ2) is 9.21. The molecule has 0 spiro atoms. The molecule has 0 radical (unpaired) electrons. The van der Waals surface area contributed by atoms with E-state index >= 15 is 0 Å². The summed E-state index contributed by atoms with van der Waals surface area (Å²) in [6, 6.07) is 12.8. The van der Waals surface area contributed by atoms with Crippen molar-refractivity contribution in [3.05, 3.63) is 53.6 Å². The van der Waals surface area contributed by atoms with E-state index in [-0.39, 0.29) is 16.6 Å². The fourth-order valence-electron chi connectivity index (χ4n) is 2.87. The van der Waals surface area contributed by atoms with E-state index < -0.39 is 10.0 Å². The Morgan fingerprint density at radius 2 is 1.77 bits per heavy atom. The Balaban J connectivity index is 1.68. The van der Waals surface area contributed by atoms with E-state index in [1.165, 1.54) is 31.9 Å². The SMILES string of the molecule is Cc1ccc(-c2nnc(SCC(=O)Nc3ccc(C)c(S(=O)(=O)N(C)C)c3)n2C)cc1. The Hall–Kier alpha value is -2.69. The van der Waals surface area contributed by atoms with Gasteiger partial charge in [0.15, 0.2) is 11.0 Å². The van der Waals surface area contributed by atoms with Crippen molar-refractivity contribution in [1.29, 1.82) is 0 Å². The number of carbonyl (C=O) groups is 1. The highest BCUT2D eigenvalue weighted by molar-refractivity contribution is 7.99. The molecule has 0 atom stereocenters. The van der Waals surface area contributed by atoms with Gasteiger partial charge in [0.1, 0.15) is 0 Å². The van der Waals surface area contributed by atoms with Gasteiger partial charge in [-0.3, -0.25) is 4.79 Å². The third-order valence-electron chi connectivity index (χ3n) is 4.71. The van der Waals surface area contributed by atoms with Gasteiger partial charge < -0.3 is 9.88 Å². The molecule has 0 aliphatic rings. The number of benzene rings is 2. The van der Waals surface area contributed by atoms with Gasteiger partial charge in [-0.1, -0.05) is 47.7 Å². The molecule has 8 nitrogen and oxygen atoms in total. The summed E-state index contributed by atoms with van der Waals surface area (Å²) in [6.07, 6.45) is 0. The number of aryl methyl sites for hydroxylation is 2. The molecule has 0 unspecified atom stereocenters. The smallest absolute Gasteiger partial charge is 0.242 e. The Bertz CT molecular complexity index is 1200. The molecule has 1 heterocycles. The van der Waals surface area contributed by atoms with Crippen LogP contribution in [0.2, 0.25) is 0 Å². The maximum absolute atomic E-state index is 12.5. The minimum Gasteiger partial charge on any atom is -0.325 e. The lowest BCUT2D eigenvalue weighted by atomic mass is 10.1. The second-order valence-electron chi connectivity index (χ2n) is 7.34. The van der Waals surface area contributed by atoms with Crippen molar-refractivity contribution < 1.29 is 13.2 Å². The standard InChI is InChI=1S/C21H25N5O3S2/c1-14-6-9-16(10-7-14)20-23-24-21(26(20)5)30-13-19(27)22-17-11-8-15(2)18(12-17)31(28,29)25(3)4/h6-12H,13H2,1-5H3,(H,22,27). The number of sulfonamides is 1. The summed E-state index contributed by atoms with van der Waals surface area (Å²) in [5.74, 6) is 0.575. The molecule has 3 aromatic rings. The molecule has 1 aromatic heterocycles. The third kappa shape index (κ3) is 5.15. The van der Waals surface area contributed by atoms with Crippen molar-refractivity contribution in [1.82, 2.24) is 19.1 Å². The number of anilines is 1. The van der Waals surface area contributed by atoms with Crippen molar-refractivity contribution in [3.63, 3.8) is 0 Å². The van der Waals surface area contributed by atoms with Gasteiger partial charge in [0, 0.05) is 32.4 Å². The molecule has 3 rings (SSSR count). The predicted octanol–water partition coefficient (Wildman–Crippen LogP) is 3.08. The van der Waals surface area contributed by atoms with Crippen LogP contribution in [0.5, 0.6) is 0 Å². The van der Waals surface area contributed by atoms with Crippen LogP contribution in [-0.2, 0) is 21.9 Å². The van der Waals surface area contributed by atoms with E-state index in [4.69, 9.17) is 0 Å². The Morgan fingerprint density at radius 1 is 1.10 bits per heavy atom. The van der Waals surface area contributed by atoms with Gasteiger partial charge in [0.2, 0.25) is 15.9 Å². The number of rotatable bonds is 7. The number of carbonyl (C=O) groups excluding carboxylic acids is 1. The molecule has 1 N–H and O–H groups in total. The maximum atomic E-state index is 12.5. The minimum absolute atomic E-state index is 0.115. The first-order valence-electron chi connectivity index (χ1n) is 9.52. The number of aromatic nitrogens is 3. The van der Waals surface area contributed by atoms with Crippen LogP contribution in [0.15, 0.2) is 52.5 Å². The first-order chi connectivity index (χ1) is 14.6. The van der Waals surface area contributed by atoms with Crippen LogP contribution in [0, 0.1) is 13.8 Å². The Morgan fingerprint density at radius 3 is 2.42 bits per heavy atom. The molecule has 0 aliphatic carbocycles. The number of thioether (sulfide) groups is 1. The van der Waals surface area contributed by atoms with Gasteiger partial charge in [-0.15, -0.1) is 10.2 Å². The highest BCUT2D eigenvalue weighted by Crippen LogP contribution is 2.25. The first kappa shape index (κ1) is 23.0. The lowest BCUT2D eigenvalue weighted by Gasteiger charge is -2.15. The maximum Gasteiger partial charge on any atom is 0.242 e. The number of amides is 1. The van der Waals surface area contributed by atoms with Gasteiger partial charge in [-0.05, 0) is 31.5 Å². The molecule has 0 saturated carbocycles. The quantitative estimate of drug-likeness (QED) is 0.546. The fraction of sp³-hybridized carbons (Fsp3) is 0.286. The molecule has 2 aromatic carbocycles. The first-order valence-corrected chi connectivity index (χ1v) is 11.9. The van der Waals surface area contributed by atoms with Gasteiger partial charge in [0.05, 0.1) is 10.6 Å². The largest absolute Gasteiger partial charge is 0.325 e. The normalized spacial score (nSPS) is 11.7. The summed E-state index contributed by atoms with van der Waals surface area (Å²) in [4.78, 5) is 12.6. The zero-order valence-electron chi connectivity index (χ0n) is 18.1. The summed E-state index contributed by atoms with van der Waals surface area (Å²) < 4.78 is 27.9. The van der Waals surface area contributed by atoms with Crippen molar-refractivity contribution in [2.45, 2.75) is 23.9 Å². The van der Waals surface area contributed by atoms with E-state index in [2.05, 4.69) is 15.5 Å². The predicted molar refractivity (Wildman–Crippen MR) is 123 cm³/mol. The highest BCUT2D eigenvalue weighted by Gasteiger charge is 2.20. The van der Waals surface area contributed by atoms with Crippen LogP contribution in [0.3, 0.4) is 0 Å². The average Bonchev–Trinajstić information content (AvgIpc) is 3.08. The van der Waals surface area contributed by atoms with Crippen LogP contribution in [-0.4, -0.2) is 53.2 Å². The van der Waals surface area contributed by atoms with Crippen molar-refractivity contribution in [2.24, 2.45) is 7.05 Å². The number of hydrogen-bond acceptors (Lipinski definition) is 6. The van der Waals surface area contributed by atoms with E-state index in [0.717, 1.165) is 21.3 Å². The van der Waals surface area contributed by atoms with E-state index in [9.17, 15) is 13.2 Å². The number of hydrogen-bond donors (Lipinski definition) is 1. The minimum atomic E-state index is -3.60. The lowest BCUT2D eigenvalue weighted by Crippen LogP contribution is -2.23. The molecule has 0 fully saturated rings. The number of nitrogens with zero attached hydrogens (tertiary/aromatic N) is 4. The molecule has 164 valence electrons. The summed E-state index contributed by atoms with van der Waals surface area (Å²) in [7, 11) is 1.21. The van der Waals surface area contributed by atoms with Gasteiger partial charge in [-0.25, -0.2) is 12.7 Å². The van der Waals surface area contributed by atoms with Gasteiger partial charge >= 0.3 is 0 Å². The van der Waals surface area contributed by atoms with Crippen LogP contribution in [0.25, 0.3) is 11.4 Å². The molecule has 10 heteroatoms. The molecule has 31 heavy (non-hydrogen) atoms. The van der Waals surface area contributed by atoms with E-state index in [0.29, 0.717) is 16.4 Å². The van der Waals surface area contributed by atoms with Crippen LogP contribution >= 0.6 is 11.8 Å². The lowest BCUT2D eigenvalue weighted by molar-refractivity contribution is -0.113. The number of nitrogens with one attached hydrogen (secondary N) is 1. The van der Waals surface area contributed by atoms with Crippen molar-refractivity contribution in [3.8, 4) is 11.4 Å². The van der Waals surface area contributed by atoms with Crippen molar-refractivity contribution in [2.75, 3.05) is 25.2 Å². The molecular weight excluding hydrogens is 434 g/mol. The molecular formula is C21H25N5O3S2. The second-order valence-corrected chi connectivity index (χ2v) is 10.4. The van der Waals surface area contributed by atoms with E-state index in [1.807, 2.05) is 42.8 Å². The molecule has 1 amide bonds. The molecule has 0 saturated heterocycles. The topological polar surface area (TPSA) is 97.2 Å². The van der Waals surface area contributed by atoms with Crippen molar-refractivity contribution >= 4 is 33.4 Å². The summed E-state index contributed by atoms with van der Waals surface area (Å²) in [6.45, 7) is 3.74. The zero-order chi connectivity index (χ0) is 22.8. The molecule has 0 aliphatic heterocycles. The monoisotopic (exact) mass is 459 g/mol. The van der Waals surface area contributed by atoms with Crippen LogP contribution in [0.1, 0.15) is 11.1 Å². The highest BCUT2D eigenvalue weighted by atomic mass is 32.2. The summed E-state index contributed by atoms with van der Waals surface area (Å²) >= 11 is 1.26. The zero-order valence-corrected chi connectivity index (χ0v) is 19.7. The van der Waals surface area contributed by atoms with Gasteiger partial charge in [-0.2, -0.15) is 0 Å². The average molecular weight is 460 g/mol. The Kier molecular flexibility index (Phi) is 6.83.